The van der Waals surface area contributed by atoms with Gasteiger partial charge >= 0.3 is 5.82 Å². The second kappa shape index (κ2) is 3.88. The molecule has 0 saturated heterocycles. The standard InChI is InChI=1S/C7H4IN5O2/c8-5-3-9-7(10-4-5)12-2-1-6(11-12)13(14)15/h1-4H. The van der Waals surface area contributed by atoms with E-state index >= 15 is 0 Å². The summed E-state index contributed by atoms with van der Waals surface area (Å²) in [5, 5.41) is 14.1. The maximum atomic E-state index is 10.4. The largest absolute Gasteiger partial charge is 0.390 e. The molecule has 0 atom stereocenters. The smallest absolute Gasteiger partial charge is 0.358 e. The highest BCUT2D eigenvalue weighted by atomic mass is 127. The molecule has 8 heteroatoms. The maximum Gasteiger partial charge on any atom is 0.390 e. The molecular formula is C7H4IN5O2. The molecule has 0 spiro atoms. The van der Waals surface area contributed by atoms with Crippen molar-refractivity contribution in [3.8, 4) is 5.95 Å². The summed E-state index contributed by atoms with van der Waals surface area (Å²) in [6, 6.07) is 1.29. The van der Waals surface area contributed by atoms with Gasteiger partial charge in [0.25, 0.3) is 5.95 Å². The lowest BCUT2D eigenvalue weighted by Crippen LogP contribution is -2.02. The molecule has 2 aromatic rings. The molecule has 2 rings (SSSR count). The third-order valence-corrected chi connectivity index (χ3v) is 2.13. The van der Waals surface area contributed by atoms with Gasteiger partial charge in [-0.2, -0.15) is 0 Å². The Kier molecular flexibility index (Phi) is 2.58. The molecule has 0 bridgehead atoms. The van der Waals surface area contributed by atoms with Gasteiger partial charge in [0.2, 0.25) is 0 Å². The minimum Gasteiger partial charge on any atom is -0.358 e. The van der Waals surface area contributed by atoms with Crippen LogP contribution in [0.1, 0.15) is 0 Å². The summed E-state index contributed by atoms with van der Waals surface area (Å²) in [6.07, 6.45) is 4.66. The van der Waals surface area contributed by atoms with Crippen molar-refractivity contribution in [2.45, 2.75) is 0 Å². The topological polar surface area (TPSA) is 86.7 Å². The van der Waals surface area contributed by atoms with E-state index in [0.717, 1.165) is 3.57 Å². The fourth-order valence-corrected chi connectivity index (χ4v) is 1.23. The zero-order chi connectivity index (χ0) is 10.8. The van der Waals surface area contributed by atoms with Gasteiger partial charge < -0.3 is 10.1 Å². The highest BCUT2D eigenvalue weighted by Gasteiger charge is 2.13. The Labute approximate surface area is 97.4 Å². The molecule has 0 fully saturated rings. The molecule has 0 unspecified atom stereocenters. The normalized spacial score (nSPS) is 10.2. The van der Waals surface area contributed by atoms with Crippen molar-refractivity contribution in [1.29, 1.82) is 0 Å². The van der Waals surface area contributed by atoms with Crippen molar-refractivity contribution in [3.63, 3.8) is 0 Å². The first-order valence-electron chi connectivity index (χ1n) is 3.85. The van der Waals surface area contributed by atoms with Gasteiger partial charge in [0.15, 0.2) is 0 Å². The van der Waals surface area contributed by atoms with Crippen LogP contribution in [0.2, 0.25) is 0 Å². The molecule has 0 aliphatic carbocycles. The highest BCUT2D eigenvalue weighted by molar-refractivity contribution is 14.1. The number of rotatable bonds is 2. The van der Waals surface area contributed by atoms with E-state index in [4.69, 9.17) is 0 Å². The van der Waals surface area contributed by atoms with Gasteiger partial charge in [-0.15, -0.1) is 4.68 Å². The monoisotopic (exact) mass is 317 g/mol. The van der Waals surface area contributed by atoms with Crippen LogP contribution >= 0.6 is 22.6 Å². The maximum absolute atomic E-state index is 10.4. The number of halogens is 1. The molecule has 15 heavy (non-hydrogen) atoms. The first-order chi connectivity index (χ1) is 7.16. The minimum atomic E-state index is -0.566. The Morgan fingerprint density at radius 2 is 2.07 bits per heavy atom. The molecule has 0 aromatic carbocycles. The van der Waals surface area contributed by atoms with Gasteiger partial charge in [-0.05, 0) is 27.5 Å². The summed E-state index contributed by atoms with van der Waals surface area (Å²) in [5.74, 6) is 0.0840. The van der Waals surface area contributed by atoms with Crippen LogP contribution in [0.25, 0.3) is 5.95 Å². The Morgan fingerprint density at radius 1 is 1.40 bits per heavy atom. The van der Waals surface area contributed by atoms with Crippen molar-refractivity contribution in [1.82, 2.24) is 19.7 Å². The van der Waals surface area contributed by atoms with Gasteiger partial charge in [0.1, 0.15) is 0 Å². The predicted octanol–water partition coefficient (Wildman–Crippen LogP) is 1.18. The zero-order valence-electron chi connectivity index (χ0n) is 7.24. The SMILES string of the molecule is O=[N+]([O-])c1ccn(-c2ncc(I)cn2)n1. The van der Waals surface area contributed by atoms with E-state index in [1.165, 1.54) is 16.9 Å². The number of nitro groups is 1. The molecule has 0 saturated carbocycles. The summed E-state index contributed by atoms with van der Waals surface area (Å²) in [7, 11) is 0. The lowest BCUT2D eigenvalue weighted by Gasteiger charge is -1.93. The van der Waals surface area contributed by atoms with Gasteiger partial charge in [0, 0.05) is 16.0 Å². The summed E-state index contributed by atoms with van der Waals surface area (Å²) in [6.45, 7) is 0. The summed E-state index contributed by atoms with van der Waals surface area (Å²) >= 11 is 2.07. The molecule has 0 radical (unpaired) electrons. The quantitative estimate of drug-likeness (QED) is 0.471. The molecule has 76 valence electrons. The van der Waals surface area contributed by atoms with E-state index in [-0.39, 0.29) is 5.82 Å². The van der Waals surface area contributed by atoms with Crippen molar-refractivity contribution < 1.29 is 4.92 Å². The molecule has 7 nitrogen and oxygen atoms in total. The van der Waals surface area contributed by atoms with Gasteiger partial charge in [-0.1, -0.05) is 0 Å². The summed E-state index contributed by atoms with van der Waals surface area (Å²) in [4.78, 5) is 17.8. The first kappa shape index (κ1) is 9.96. The van der Waals surface area contributed by atoms with Crippen molar-refractivity contribution >= 4 is 28.4 Å². The Bertz CT molecular complexity index is 494. The van der Waals surface area contributed by atoms with Crippen LogP contribution in [0.15, 0.2) is 24.7 Å². The van der Waals surface area contributed by atoms with E-state index in [9.17, 15) is 10.1 Å². The van der Waals surface area contributed by atoms with E-state index < -0.39 is 4.92 Å². The van der Waals surface area contributed by atoms with Crippen LogP contribution in [0.4, 0.5) is 5.82 Å². The van der Waals surface area contributed by atoms with Crippen molar-refractivity contribution in [2.75, 3.05) is 0 Å². The van der Waals surface area contributed by atoms with E-state index in [1.807, 2.05) is 0 Å². The lowest BCUT2D eigenvalue weighted by atomic mass is 10.6. The molecule has 0 amide bonds. The fourth-order valence-electron chi connectivity index (χ4n) is 0.947. The number of hydrogen-bond acceptors (Lipinski definition) is 5. The third kappa shape index (κ3) is 2.09. The number of hydrogen-bond donors (Lipinski definition) is 0. The van der Waals surface area contributed by atoms with Crippen LogP contribution in [0.5, 0.6) is 0 Å². The van der Waals surface area contributed by atoms with Gasteiger partial charge in [0.05, 0.1) is 17.4 Å². The van der Waals surface area contributed by atoms with Crippen molar-refractivity contribution in [2.24, 2.45) is 0 Å². The Morgan fingerprint density at radius 3 is 2.60 bits per heavy atom. The van der Waals surface area contributed by atoms with Gasteiger partial charge in [-0.3, -0.25) is 0 Å². The molecular weight excluding hydrogens is 313 g/mol. The number of aromatic nitrogens is 4. The molecule has 2 heterocycles. The Hall–Kier alpha value is -1.58. The van der Waals surface area contributed by atoms with Crippen LogP contribution < -0.4 is 0 Å². The zero-order valence-corrected chi connectivity index (χ0v) is 9.40. The minimum absolute atomic E-state index is 0.225. The average Bonchev–Trinajstić information content (AvgIpc) is 2.68. The van der Waals surface area contributed by atoms with Crippen molar-refractivity contribution in [3.05, 3.63) is 38.3 Å². The van der Waals surface area contributed by atoms with Crippen LogP contribution in [0, 0.1) is 13.7 Å². The van der Waals surface area contributed by atoms with Crippen LogP contribution in [-0.2, 0) is 0 Å². The van der Waals surface area contributed by atoms with Crippen LogP contribution in [-0.4, -0.2) is 24.7 Å². The second-order valence-electron chi connectivity index (χ2n) is 2.58. The molecule has 0 N–H and O–H groups in total. The van der Waals surface area contributed by atoms with E-state index in [1.54, 1.807) is 12.4 Å². The average molecular weight is 317 g/mol. The highest BCUT2D eigenvalue weighted by Crippen LogP contribution is 2.08. The van der Waals surface area contributed by atoms with E-state index in [2.05, 4.69) is 37.7 Å². The summed E-state index contributed by atoms with van der Waals surface area (Å²) < 4.78 is 2.15. The fraction of sp³-hybridized carbons (Fsp3) is 0. The van der Waals surface area contributed by atoms with Crippen LogP contribution in [0.3, 0.4) is 0 Å². The second-order valence-corrected chi connectivity index (χ2v) is 3.82. The number of nitrogens with zero attached hydrogens (tertiary/aromatic N) is 5. The van der Waals surface area contributed by atoms with E-state index in [0.29, 0.717) is 5.95 Å². The molecule has 0 aliphatic heterocycles. The lowest BCUT2D eigenvalue weighted by molar-refractivity contribution is -0.389. The molecule has 0 aliphatic rings. The summed E-state index contributed by atoms with van der Waals surface area (Å²) in [5.41, 5.74) is 0. The van der Waals surface area contributed by atoms with Gasteiger partial charge in [-0.25, -0.2) is 9.97 Å². The molecule has 2 aromatic heterocycles. The predicted molar refractivity (Wildman–Crippen MR) is 58.5 cm³/mol. The third-order valence-electron chi connectivity index (χ3n) is 1.57. The Balaban J connectivity index is 2.37. The first-order valence-corrected chi connectivity index (χ1v) is 4.92.